The Bertz CT molecular complexity index is 269. The average Bonchev–Trinajstić information content (AvgIpc) is 1.98. The summed E-state index contributed by atoms with van der Waals surface area (Å²) in [7, 11) is 1.28. The summed E-state index contributed by atoms with van der Waals surface area (Å²) in [5.41, 5.74) is -0.701. The van der Waals surface area contributed by atoms with Gasteiger partial charge in [0.05, 0.1) is 6.10 Å². The van der Waals surface area contributed by atoms with E-state index in [0.717, 1.165) is 4.90 Å². The van der Waals surface area contributed by atoms with Gasteiger partial charge >= 0.3 is 12.1 Å². The SMILES string of the molecule is CC(O)[C@@H](C(=O)O)N(C)C(=O)OC(C)(C)C. The third kappa shape index (κ3) is 4.48. The number of carboxylic acids is 1. The van der Waals surface area contributed by atoms with Crippen molar-refractivity contribution in [2.75, 3.05) is 7.05 Å². The molecule has 0 saturated heterocycles. The highest BCUT2D eigenvalue weighted by Gasteiger charge is 2.33. The van der Waals surface area contributed by atoms with E-state index >= 15 is 0 Å². The van der Waals surface area contributed by atoms with Gasteiger partial charge in [-0.05, 0) is 27.7 Å². The van der Waals surface area contributed by atoms with Crippen LogP contribution >= 0.6 is 0 Å². The number of carbonyl (C=O) groups excluding carboxylic acids is 1. The number of aliphatic carboxylic acids is 1. The molecular formula is C10H19NO5. The van der Waals surface area contributed by atoms with Crippen molar-refractivity contribution in [2.45, 2.75) is 45.4 Å². The fourth-order valence-corrected chi connectivity index (χ4v) is 1.14. The molecule has 6 nitrogen and oxygen atoms in total. The zero-order valence-corrected chi connectivity index (χ0v) is 10.2. The fraction of sp³-hybridized carbons (Fsp3) is 0.800. The maximum atomic E-state index is 11.5. The van der Waals surface area contributed by atoms with Gasteiger partial charge in [0.25, 0.3) is 0 Å². The van der Waals surface area contributed by atoms with Crippen molar-refractivity contribution < 1.29 is 24.5 Å². The summed E-state index contributed by atoms with van der Waals surface area (Å²) in [5, 5.41) is 18.1. The van der Waals surface area contributed by atoms with Crippen molar-refractivity contribution in [3.05, 3.63) is 0 Å². The predicted molar refractivity (Wildman–Crippen MR) is 57.1 cm³/mol. The summed E-state index contributed by atoms with van der Waals surface area (Å²) in [4.78, 5) is 23.3. The molecule has 0 aromatic heterocycles. The molecule has 0 saturated carbocycles. The number of nitrogens with zero attached hydrogens (tertiary/aromatic N) is 1. The molecule has 0 aliphatic carbocycles. The standard InChI is InChI=1S/C10H19NO5/c1-6(12)7(8(13)14)11(5)9(15)16-10(2,3)4/h6-7,12H,1-5H3,(H,13,14)/t6?,7-/m0/s1. The van der Waals surface area contributed by atoms with Gasteiger partial charge in [-0.25, -0.2) is 9.59 Å². The van der Waals surface area contributed by atoms with E-state index in [0.29, 0.717) is 0 Å². The number of carbonyl (C=O) groups is 2. The van der Waals surface area contributed by atoms with Gasteiger partial charge in [0.15, 0.2) is 6.04 Å². The molecule has 1 unspecified atom stereocenters. The monoisotopic (exact) mass is 233 g/mol. The predicted octanol–water partition coefficient (Wildman–Crippen LogP) is 0.687. The number of hydrogen-bond acceptors (Lipinski definition) is 4. The van der Waals surface area contributed by atoms with E-state index in [4.69, 9.17) is 9.84 Å². The van der Waals surface area contributed by atoms with Gasteiger partial charge in [0.1, 0.15) is 5.60 Å². The Labute approximate surface area is 94.8 Å². The molecule has 0 aromatic rings. The maximum absolute atomic E-state index is 11.5. The van der Waals surface area contributed by atoms with Crippen LogP contribution in [0.25, 0.3) is 0 Å². The number of rotatable bonds is 3. The number of carboxylic acid groups (broad SMARTS) is 1. The van der Waals surface area contributed by atoms with Crippen molar-refractivity contribution in [3.63, 3.8) is 0 Å². The van der Waals surface area contributed by atoms with Crippen molar-refractivity contribution >= 4 is 12.1 Å². The first kappa shape index (κ1) is 14.7. The Hall–Kier alpha value is -1.30. The third-order valence-corrected chi connectivity index (χ3v) is 1.81. The molecule has 0 aromatic carbocycles. The van der Waals surface area contributed by atoms with Crippen LogP contribution in [0.4, 0.5) is 4.79 Å². The molecule has 0 aliphatic rings. The smallest absolute Gasteiger partial charge is 0.410 e. The minimum Gasteiger partial charge on any atom is -0.480 e. The minimum atomic E-state index is -1.31. The van der Waals surface area contributed by atoms with Crippen LogP contribution in [0, 0.1) is 0 Å². The highest BCUT2D eigenvalue weighted by Crippen LogP contribution is 2.12. The molecule has 2 atom stereocenters. The van der Waals surface area contributed by atoms with E-state index in [2.05, 4.69) is 0 Å². The third-order valence-electron chi connectivity index (χ3n) is 1.81. The summed E-state index contributed by atoms with van der Waals surface area (Å²) in [6, 6.07) is -1.31. The van der Waals surface area contributed by atoms with Crippen molar-refractivity contribution in [3.8, 4) is 0 Å². The minimum absolute atomic E-state index is 0.701. The van der Waals surface area contributed by atoms with Gasteiger partial charge in [-0.3, -0.25) is 4.90 Å². The lowest BCUT2D eigenvalue weighted by molar-refractivity contribution is -0.146. The second kappa shape index (κ2) is 5.16. The number of hydrogen-bond donors (Lipinski definition) is 2. The van der Waals surface area contributed by atoms with E-state index in [1.807, 2.05) is 0 Å². The molecule has 0 heterocycles. The molecule has 2 N–H and O–H groups in total. The van der Waals surface area contributed by atoms with E-state index in [9.17, 15) is 14.7 Å². The van der Waals surface area contributed by atoms with Crippen molar-refractivity contribution in [1.82, 2.24) is 4.90 Å². The van der Waals surface area contributed by atoms with Gasteiger partial charge in [-0.15, -0.1) is 0 Å². The highest BCUT2D eigenvalue weighted by molar-refractivity contribution is 5.80. The molecule has 0 aliphatic heterocycles. The Morgan fingerprint density at radius 3 is 2.00 bits per heavy atom. The number of aliphatic hydroxyl groups is 1. The van der Waals surface area contributed by atoms with Crippen LogP contribution in [0.15, 0.2) is 0 Å². The lowest BCUT2D eigenvalue weighted by atomic mass is 10.1. The van der Waals surface area contributed by atoms with Crippen LogP contribution in [-0.2, 0) is 9.53 Å². The van der Waals surface area contributed by atoms with Crippen LogP contribution in [0.2, 0.25) is 0 Å². The summed E-state index contributed by atoms with van der Waals surface area (Å²) >= 11 is 0. The molecule has 0 spiro atoms. The first-order valence-corrected chi connectivity index (χ1v) is 4.93. The second-order valence-electron chi connectivity index (χ2n) is 4.61. The van der Waals surface area contributed by atoms with Gasteiger partial charge in [0, 0.05) is 7.05 Å². The molecule has 1 amide bonds. The quantitative estimate of drug-likeness (QED) is 0.748. The summed E-state index contributed by atoms with van der Waals surface area (Å²) in [5.74, 6) is -1.27. The normalized spacial score (nSPS) is 15.1. The fourth-order valence-electron chi connectivity index (χ4n) is 1.14. The number of amides is 1. The molecule has 0 bridgehead atoms. The zero-order chi connectivity index (χ0) is 13.1. The average molecular weight is 233 g/mol. The first-order chi connectivity index (χ1) is 7.06. The molecule has 16 heavy (non-hydrogen) atoms. The van der Waals surface area contributed by atoms with Crippen LogP contribution < -0.4 is 0 Å². The molecule has 0 fully saturated rings. The second-order valence-corrected chi connectivity index (χ2v) is 4.61. The topological polar surface area (TPSA) is 87.1 Å². The van der Waals surface area contributed by atoms with E-state index in [-0.39, 0.29) is 0 Å². The van der Waals surface area contributed by atoms with Gasteiger partial charge in [-0.1, -0.05) is 0 Å². The van der Waals surface area contributed by atoms with Crippen LogP contribution in [0.5, 0.6) is 0 Å². The van der Waals surface area contributed by atoms with Gasteiger partial charge < -0.3 is 14.9 Å². The first-order valence-electron chi connectivity index (χ1n) is 4.93. The van der Waals surface area contributed by atoms with E-state index in [1.165, 1.54) is 14.0 Å². The zero-order valence-electron chi connectivity index (χ0n) is 10.2. The summed E-state index contributed by atoms with van der Waals surface area (Å²) in [6.07, 6.45) is -1.95. The van der Waals surface area contributed by atoms with E-state index in [1.54, 1.807) is 20.8 Å². The Morgan fingerprint density at radius 2 is 1.75 bits per heavy atom. The van der Waals surface area contributed by atoms with Crippen LogP contribution in [-0.4, -0.2) is 52.0 Å². The lowest BCUT2D eigenvalue weighted by Crippen LogP contribution is -2.50. The van der Waals surface area contributed by atoms with Gasteiger partial charge in [-0.2, -0.15) is 0 Å². The Kier molecular flexibility index (Phi) is 4.74. The molecule has 94 valence electrons. The van der Waals surface area contributed by atoms with Gasteiger partial charge in [0.2, 0.25) is 0 Å². The lowest BCUT2D eigenvalue weighted by Gasteiger charge is -2.29. The number of aliphatic hydroxyl groups excluding tert-OH is 1. The highest BCUT2D eigenvalue weighted by atomic mass is 16.6. The summed E-state index contributed by atoms with van der Waals surface area (Å²) in [6.45, 7) is 6.34. The van der Waals surface area contributed by atoms with Crippen LogP contribution in [0.1, 0.15) is 27.7 Å². The number of ether oxygens (including phenoxy) is 1. The van der Waals surface area contributed by atoms with Crippen molar-refractivity contribution in [1.29, 1.82) is 0 Å². The number of likely N-dealkylation sites (N-methyl/N-ethyl adjacent to an activating group) is 1. The molecular weight excluding hydrogens is 214 g/mol. The molecule has 0 radical (unpaired) electrons. The van der Waals surface area contributed by atoms with E-state index < -0.39 is 29.8 Å². The van der Waals surface area contributed by atoms with Crippen molar-refractivity contribution in [2.24, 2.45) is 0 Å². The summed E-state index contributed by atoms with van der Waals surface area (Å²) < 4.78 is 4.99. The molecule has 0 rings (SSSR count). The largest absolute Gasteiger partial charge is 0.480 e. The Balaban J connectivity index is 4.69. The maximum Gasteiger partial charge on any atom is 0.410 e. The molecule has 6 heteroatoms. The van der Waals surface area contributed by atoms with Crippen LogP contribution in [0.3, 0.4) is 0 Å². The Morgan fingerprint density at radius 1 is 1.31 bits per heavy atom.